The van der Waals surface area contributed by atoms with E-state index in [4.69, 9.17) is 4.74 Å². The zero-order chi connectivity index (χ0) is 19.3. The number of esters is 1. The number of fused-ring (bicyclic) bond motifs is 3. The summed E-state index contributed by atoms with van der Waals surface area (Å²) >= 11 is -1.35. The number of hydrogen-bond donors (Lipinski definition) is 3. The second kappa shape index (κ2) is 5.20. The third-order valence-electron chi connectivity index (χ3n) is 6.45. The van der Waals surface area contributed by atoms with Gasteiger partial charge in [0.1, 0.15) is 0 Å². The van der Waals surface area contributed by atoms with Crippen LogP contribution in [-0.2, 0) is 9.53 Å². The van der Waals surface area contributed by atoms with Gasteiger partial charge >= 0.3 is 154 Å². The van der Waals surface area contributed by atoms with Gasteiger partial charge in [-0.15, -0.1) is 0 Å². The van der Waals surface area contributed by atoms with E-state index in [0.29, 0.717) is 0 Å². The summed E-state index contributed by atoms with van der Waals surface area (Å²) in [4.78, 5) is 12.3. The fourth-order valence-electron chi connectivity index (χ4n) is 4.53. The monoisotopic (exact) mass is 498 g/mol. The van der Waals surface area contributed by atoms with Crippen LogP contribution in [-0.4, -0.2) is 39.1 Å². The normalized spacial score (nSPS) is 40.3. The van der Waals surface area contributed by atoms with Crippen molar-refractivity contribution in [1.29, 1.82) is 0 Å². The maximum absolute atomic E-state index is 14.3. The number of nitrogens with one attached hydrogen (secondary N) is 2. The van der Waals surface area contributed by atoms with Crippen molar-refractivity contribution in [2.45, 2.75) is 54.5 Å². The van der Waals surface area contributed by atoms with E-state index >= 15 is 0 Å². The molecule has 11 heteroatoms. The third-order valence-corrected chi connectivity index (χ3v) is 11.6. The fraction of sp³-hybridized carbons (Fsp3) is 0.933. The van der Waals surface area contributed by atoms with Crippen LogP contribution in [0.3, 0.4) is 0 Å². The molecule has 4 unspecified atom stereocenters. The Balaban J connectivity index is 1.35. The molecule has 3 N–H and O–H groups in total. The van der Waals surface area contributed by atoms with E-state index in [0.717, 1.165) is 0 Å². The molecule has 0 aromatic carbocycles. The molecule has 2 heterocycles. The SMILES string of the molecule is CC(C)(C(=O)OCCC1CC2CC1C(F)(F)C2(O)C(F)(F)F)C12NI1N2. The molecule has 4 rings (SSSR count). The molecule has 26 heavy (non-hydrogen) atoms. The van der Waals surface area contributed by atoms with E-state index in [1.165, 1.54) is 0 Å². The Morgan fingerprint density at radius 3 is 2.31 bits per heavy atom. The number of alkyl halides is 6. The van der Waals surface area contributed by atoms with Crippen molar-refractivity contribution >= 4 is 26.3 Å². The van der Waals surface area contributed by atoms with Gasteiger partial charge in [-0.2, -0.15) is 0 Å². The third kappa shape index (κ3) is 2.20. The molecule has 0 radical (unpaired) electrons. The van der Waals surface area contributed by atoms with Crippen LogP contribution in [0, 0.1) is 23.2 Å². The molecule has 2 aliphatic heterocycles. The Labute approximate surface area is 154 Å². The van der Waals surface area contributed by atoms with Gasteiger partial charge in [-0.25, -0.2) is 0 Å². The number of ether oxygens (including phenoxy) is 1. The minimum atomic E-state index is -5.37. The van der Waals surface area contributed by atoms with Crippen LogP contribution < -0.4 is 7.06 Å². The Morgan fingerprint density at radius 2 is 1.85 bits per heavy atom. The Hall–Kier alpha value is -0.270. The van der Waals surface area contributed by atoms with Crippen LogP contribution in [0.2, 0.25) is 0 Å². The van der Waals surface area contributed by atoms with Crippen LogP contribution in [0.4, 0.5) is 22.0 Å². The van der Waals surface area contributed by atoms with Crippen molar-refractivity contribution in [1.82, 2.24) is 7.06 Å². The van der Waals surface area contributed by atoms with Crippen LogP contribution in [0.25, 0.3) is 0 Å². The number of hydrogen-bond acceptors (Lipinski definition) is 5. The predicted octanol–water partition coefficient (Wildman–Crippen LogP) is 2.73. The predicted molar refractivity (Wildman–Crippen MR) is 88.0 cm³/mol. The van der Waals surface area contributed by atoms with Crippen LogP contribution in [0.15, 0.2) is 0 Å². The Bertz CT molecular complexity index is 652. The maximum atomic E-state index is 14.3. The summed E-state index contributed by atoms with van der Waals surface area (Å²) in [6, 6.07) is 0. The van der Waals surface area contributed by atoms with Gasteiger partial charge in [-0.05, 0) is 0 Å². The molecular weight excluding hydrogens is 478 g/mol. The van der Waals surface area contributed by atoms with Gasteiger partial charge in [-0.1, -0.05) is 0 Å². The summed E-state index contributed by atoms with van der Waals surface area (Å²) < 4.78 is 79.1. The molecule has 4 atom stereocenters. The average Bonchev–Trinajstić information content (AvgIpc) is 3.31. The fourth-order valence-corrected chi connectivity index (χ4v) is 10.1. The summed E-state index contributed by atoms with van der Waals surface area (Å²) in [5.74, 6) is -8.43. The van der Waals surface area contributed by atoms with E-state index in [2.05, 4.69) is 7.06 Å². The standard InChI is InChI=1S/C15H20F5IN2O3/c1-11(2,15-21(22-15)23-15)10(24)26-4-3-7-5-8-6-9(7)13(16,17)12(8,25)14(18,19)20/h7-9,22-23,25H,3-6H2,1-2H3. The van der Waals surface area contributed by atoms with Crippen LogP contribution in [0.1, 0.15) is 33.1 Å². The van der Waals surface area contributed by atoms with E-state index in [1.54, 1.807) is 13.8 Å². The second-order valence-electron chi connectivity index (χ2n) is 8.10. The zero-order valence-electron chi connectivity index (χ0n) is 14.1. The summed E-state index contributed by atoms with van der Waals surface area (Å²) in [5, 5.41) is 9.72. The van der Waals surface area contributed by atoms with Gasteiger partial charge in [0, 0.05) is 0 Å². The summed E-state index contributed by atoms with van der Waals surface area (Å²) in [6.45, 7) is 3.38. The van der Waals surface area contributed by atoms with Gasteiger partial charge in [0.2, 0.25) is 0 Å². The van der Waals surface area contributed by atoms with E-state index in [9.17, 15) is 31.9 Å². The van der Waals surface area contributed by atoms with E-state index < -0.39 is 67.2 Å². The number of carbonyl (C=O) groups excluding carboxylic acids is 1. The summed E-state index contributed by atoms with van der Waals surface area (Å²) in [5.41, 5.74) is -4.71. The topological polar surface area (TPSA) is 90.4 Å². The molecule has 4 aliphatic rings. The first-order chi connectivity index (χ1) is 11.8. The Morgan fingerprint density at radius 1 is 1.27 bits per heavy atom. The quantitative estimate of drug-likeness (QED) is 0.103. The molecule has 2 bridgehead atoms. The molecule has 5 nitrogen and oxygen atoms in total. The average molecular weight is 498 g/mol. The molecule has 0 aromatic rings. The summed E-state index contributed by atoms with van der Waals surface area (Å²) in [7, 11) is 0. The molecule has 4 fully saturated rings. The first kappa shape index (κ1) is 19.1. The molecule has 2 saturated heterocycles. The molecule has 0 spiro atoms. The van der Waals surface area contributed by atoms with Gasteiger partial charge in [0.25, 0.3) is 0 Å². The van der Waals surface area contributed by atoms with Gasteiger partial charge in [0.15, 0.2) is 0 Å². The van der Waals surface area contributed by atoms with E-state index in [1.807, 2.05) is 0 Å². The number of carbonyl (C=O) groups is 1. The first-order valence-corrected chi connectivity index (χ1v) is 11.6. The molecule has 0 amide bonds. The van der Waals surface area contributed by atoms with Crippen molar-refractivity contribution in [3.63, 3.8) is 0 Å². The van der Waals surface area contributed by atoms with Gasteiger partial charge in [0.05, 0.1) is 0 Å². The summed E-state index contributed by atoms with van der Waals surface area (Å²) in [6.07, 6.45) is -5.80. The van der Waals surface area contributed by atoms with Crippen LogP contribution in [0.5, 0.6) is 0 Å². The molecule has 2 saturated carbocycles. The zero-order valence-corrected chi connectivity index (χ0v) is 16.2. The van der Waals surface area contributed by atoms with Crippen molar-refractivity contribution in [2.24, 2.45) is 23.2 Å². The van der Waals surface area contributed by atoms with Crippen molar-refractivity contribution in [3.05, 3.63) is 0 Å². The van der Waals surface area contributed by atoms with Gasteiger partial charge < -0.3 is 0 Å². The number of rotatable bonds is 5. The van der Waals surface area contributed by atoms with Gasteiger partial charge in [-0.3, -0.25) is 0 Å². The van der Waals surface area contributed by atoms with Crippen molar-refractivity contribution < 1.29 is 36.6 Å². The van der Waals surface area contributed by atoms with Crippen molar-refractivity contribution in [3.8, 4) is 0 Å². The van der Waals surface area contributed by atoms with E-state index in [-0.39, 0.29) is 29.5 Å². The number of aliphatic hydroxyl groups is 1. The van der Waals surface area contributed by atoms with Crippen molar-refractivity contribution in [2.75, 3.05) is 6.61 Å². The molecule has 2 aliphatic carbocycles. The molecule has 0 aromatic heterocycles. The van der Waals surface area contributed by atoms with Crippen LogP contribution >= 0.6 is 20.4 Å². The molecular formula is C15H20F5IN2O3. The molecule has 150 valence electrons. The first-order valence-electron chi connectivity index (χ1n) is 8.38. The Kier molecular flexibility index (Phi) is 3.82. The second-order valence-corrected chi connectivity index (χ2v) is 12.4. The minimum absolute atomic E-state index is 0.0721. The number of halogens is 6.